The standard InChI is InChI=1S/C28H35N3O/c1-6-31-21(5)27(20(4)29-31)18-30(24-16-14-22(15-17-24)19(2)3)28(32)26-13-9-11-23-10-7-8-12-25(23)26/h7-8,10,12,14-17,19,26H,6,9,11,13,18H2,1-5H3. The second kappa shape index (κ2) is 9.32. The zero-order chi connectivity index (χ0) is 22.8. The lowest BCUT2D eigenvalue weighted by Gasteiger charge is -2.31. The molecule has 3 aromatic rings. The fourth-order valence-corrected chi connectivity index (χ4v) is 4.96. The van der Waals surface area contributed by atoms with Gasteiger partial charge in [0.15, 0.2) is 0 Å². The SMILES string of the molecule is CCn1nc(C)c(CN(C(=O)C2CCCc3ccccc32)c2ccc(C(C)C)cc2)c1C. The van der Waals surface area contributed by atoms with Gasteiger partial charge in [-0.1, -0.05) is 50.2 Å². The van der Waals surface area contributed by atoms with Crippen molar-refractivity contribution in [3.63, 3.8) is 0 Å². The van der Waals surface area contributed by atoms with E-state index in [0.29, 0.717) is 12.5 Å². The lowest BCUT2D eigenvalue weighted by molar-refractivity contribution is -0.120. The van der Waals surface area contributed by atoms with Gasteiger partial charge in [-0.3, -0.25) is 9.48 Å². The highest BCUT2D eigenvalue weighted by Gasteiger charge is 2.31. The molecule has 1 heterocycles. The number of anilines is 1. The van der Waals surface area contributed by atoms with Crippen molar-refractivity contribution in [2.75, 3.05) is 4.90 Å². The molecule has 2 aromatic carbocycles. The molecular formula is C28H35N3O. The fraction of sp³-hybridized carbons (Fsp3) is 0.429. The number of hydrogen-bond acceptors (Lipinski definition) is 2. The molecule has 0 N–H and O–H groups in total. The summed E-state index contributed by atoms with van der Waals surface area (Å²) in [5.41, 5.74) is 8.07. The number of rotatable bonds is 6. The number of amides is 1. The van der Waals surface area contributed by atoms with Gasteiger partial charge in [0.2, 0.25) is 5.91 Å². The Morgan fingerprint density at radius 1 is 1.12 bits per heavy atom. The Balaban J connectivity index is 1.74. The summed E-state index contributed by atoms with van der Waals surface area (Å²) < 4.78 is 2.03. The van der Waals surface area contributed by atoms with E-state index < -0.39 is 0 Å². The van der Waals surface area contributed by atoms with Gasteiger partial charge in [-0.25, -0.2) is 0 Å². The van der Waals surface area contributed by atoms with Gasteiger partial charge in [-0.15, -0.1) is 0 Å². The Kier molecular flexibility index (Phi) is 6.50. The second-order valence-corrected chi connectivity index (χ2v) is 9.28. The summed E-state index contributed by atoms with van der Waals surface area (Å²) in [5.74, 6) is 0.565. The van der Waals surface area contributed by atoms with Gasteiger partial charge in [0, 0.05) is 23.5 Å². The van der Waals surface area contributed by atoms with Crippen molar-refractivity contribution in [2.24, 2.45) is 0 Å². The van der Waals surface area contributed by atoms with Gasteiger partial charge >= 0.3 is 0 Å². The molecule has 1 amide bonds. The highest BCUT2D eigenvalue weighted by Crippen LogP contribution is 2.35. The van der Waals surface area contributed by atoms with Crippen molar-refractivity contribution >= 4 is 11.6 Å². The van der Waals surface area contributed by atoms with Crippen LogP contribution in [0, 0.1) is 13.8 Å². The summed E-state index contributed by atoms with van der Waals surface area (Å²) in [5, 5.41) is 4.70. The van der Waals surface area contributed by atoms with Crippen molar-refractivity contribution in [1.29, 1.82) is 0 Å². The summed E-state index contributed by atoms with van der Waals surface area (Å²) in [7, 11) is 0. The number of carbonyl (C=O) groups is 1. The first-order valence-corrected chi connectivity index (χ1v) is 11.9. The maximum atomic E-state index is 14.1. The number of aromatic nitrogens is 2. The largest absolute Gasteiger partial charge is 0.307 e. The number of hydrogen-bond donors (Lipinski definition) is 0. The number of benzene rings is 2. The molecule has 0 fully saturated rings. The molecule has 168 valence electrons. The second-order valence-electron chi connectivity index (χ2n) is 9.28. The molecule has 1 aliphatic rings. The molecule has 0 spiro atoms. The predicted molar refractivity (Wildman–Crippen MR) is 131 cm³/mol. The van der Waals surface area contributed by atoms with Crippen LogP contribution in [0.2, 0.25) is 0 Å². The van der Waals surface area contributed by atoms with Crippen LogP contribution in [0.15, 0.2) is 48.5 Å². The van der Waals surface area contributed by atoms with E-state index in [1.54, 1.807) is 0 Å². The smallest absolute Gasteiger partial charge is 0.234 e. The van der Waals surface area contributed by atoms with Crippen LogP contribution in [0.5, 0.6) is 0 Å². The zero-order valence-electron chi connectivity index (χ0n) is 20.1. The van der Waals surface area contributed by atoms with Crippen molar-refractivity contribution in [3.05, 3.63) is 82.2 Å². The van der Waals surface area contributed by atoms with Gasteiger partial charge in [-0.05, 0) is 74.8 Å². The first-order valence-electron chi connectivity index (χ1n) is 11.9. The van der Waals surface area contributed by atoms with E-state index in [4.69, 9.17) is 5.10 Å². The van der Waals surface area contributed by atoms with Crippen molar-refractivity contribution in [2.45, 2.75) is 78.8 Å². The molecule has 1 aliphatic carbocycles. The normalized spacial score (nSPS) is 15.6. The maximum absolute atomic E-state index is 14.1. The molecule has 4 rings (SSSR count). The van der Waals surface area contributed by atoms with Gasteiger partial charge in [-0.2, -0.15) is 5.10 Å². The average Bonchev–Trinajstić information content (AvgIpc) is 3.09. The lowest BCUT2D eigenvalue weighted by Crippen LogP contribution is -2.36. The van der Waals surface area contributed by atoms with Crippen LogP contribution in [-0.2, 0) is 24.3 Å². The third-order valence-corrected chi connectivity index (χ3v) is 6.95. The minimum atomic E-state index is -0.0912. The minimum absolute atomic E-state index is 0.0912. The Morgan fingerprint density at radius 2 is 1.84 bits per heavy atom. The highest BCUT2D eigenvalue weighted by atomic mass is 16.2. The third-order valence-electron chi connectivity index (χ3n) is 6.95. The van der Waals surface area contributed by atoms with E-state index in [1.807, 2.05) is 9.58 Å². The zero-order valence-corrected chi connectivity index (χ0v) is 20.1. The van der Waals surface area contributed by atoms with Crippen LogP contribution in [0.4, 0.5) is 5.69 Å². The molecule has 0 radical (unpaired) electrons. The number of nitrogens with zero attached hydrogens (tertiary/aromatic N) is 3. The monoisotopic (exact) mass is 429 g/mol. The maximum Gasteiger partial charge on any atom is 0.234 e. The van der Waals surface area contributed by atoms with Gasteiger partial charge in [0.1, 0.15) is 0 Å². The molecule has 0 saturated heterocycles. The first-order chi connectivity index (χ1) is 15.4. The first kappa shape index (κ1) is 22.3. The molecule has 1 atom stereocenters. The molecule has 1 aromatic heterocycles. The molecule has 0 saturated carbocycles. The quantitative estimate of drug-likeness (QED) is 0.461. The van der Waals surface area contributed by atoms with Crippen LogP contribution in [0.3, 0.4) is 0 Å². The summed E-state index contributed by atoms with van der Waals surface area (Å²) >= 11 is 0. The van der Waals surface area contributed by atoms with Crippen LogP contribution in [0.1, 0.15) is 79.1 Å². The van der Waals surface area contributed by atoms with Gasteiger partial charge in [0.05, 0.1) is 18.2 Å². The predicted octanol–water partition coefficient (Wildman–Crippen LogP) is 6.30. The molecule has 4 nitrogen and oxygen atoms in total. The van der Waals surface area contributed by atoms with Crippen LogP contribution < -0.4 is 4.90 Å². The van der Waals surface area contributed by atoms with Crippen LogP contribution >= 0.6 is 0 Å². The summed E-state index contributed by atoms with van der Waals surface area (Å²) in [4.78, 5) is 16.1. The van der Waals surface area contributed by atoms with E-state index >= 15 is 0 Å². The summed E-state index contributed by atoms with van der Waals surface area (Å²) in [6.07, 6.45) is 3.02. The highest BCUT2D eigenvalue weighted by molar-refractivity contribution is 5.98. The van der Waals surface area contributed by atoms with E-state index in [1.165, 1.54) is 16.7 Å². The van der Waals surface area contributed by atoms with Gasteiger partial charge < -0.3 is 4.90 Å². The van der Waals surface area contributed by atoms with Crippen molar-refractivity contribution in [1.82, 2.24) is 9.78 Å². The molecule has 32 heavy (non-hydrogen) atoms. The molecule has 1 unspecified atom stereocenters. The molecule has 4 heteroatoms. The van der Waals surface area contributed by atoms with Gasteiger partial charge in [0.25, 0.3) is 0 Å². The average molecular weight is 430 g/mol. The minimum Gasteiger partial charge on any atom is -0.307 e. The van der Waals surface area contributed by atoms with Crippen molar-refractivity contribution < 1.29 is 4.79 Å². The van der Waals surface area contributed by atoms with Crippen LogP contribution in [0.25, 0.3) is 0 Å². The Morgan fingerprint density at radius 3 is 2.50 bits per heavy atom. The fourth-order valence-electron chi connectivity index (χ4n) is 4.96. The van der Waals surface area contributed by atoms with E-state index in [2.05, 4.69) is 83.1 Å². The van der Waals surface area contributed by atoms with E-state index in [0.717, 1.165) is 48.4 Å². The molecule has 0 bridgehead atoms. The molecular weight excluding hydrogens is 394 g/mol. The number of carbonyl (C=O) groups excluding carboxylic acids is 1. The van der Waals surface area contributed by atoms with Crippen molar-refractivity contribution in [3.8, 4) is 0 Å². The Bertz CT molecular complexity index is 1090. The summed E-state index contributed by atoms with van der Waals surface area (Å²) in [6.45, 7) is 12.0. The third kappa shape index (κ3) is 4.23. The summed E-state index contributed by atoms with van der Waals surface area (Å²) in [6, 6.07) is 17.0. The van der Waals surface area contributed by atoms with E-state index in [9.17, 15) is 4.79 Å². The topological polar surface area (TPSA) is 38.1 Å². The Labute approximate surface area is 192 Å². The number of aryl methyl sites for hydroxylation is 3. The van der Waals surface area contributed by atoms with E-state index in [-0.39, 0.29) is 11.8 Å². The lowest BCUT2D eigenvalue weighted by atomic mass is 9.82. The molecule has 0 aliphatic heterocycles. The Hall–Kier alpha value is -2.88. The number of fused-ring (bicyclic) bond motifs is 1. The van der Waals surface area contributed by atoms with Crippen LogP contribution in [-0.4, -0.2) is 15.7 Å².